The van der Waals surface area contributed by atoms with Crippen molar-refractivity contribution in [3.8, 4) is 6.01 Å². The molecule has 0 spiro atoms. The van der Waals surface area contributed by atoms with Crippen LogP contribution in [0.5, 0.6) is 6.01 Å². The zero-order chi connectivity index (χ0) is 10.6. The highest BCUT2D eigenvalue weighted by atomic mass is 35.5. The van der Waals surface area contributed by atoms with Gasteiger partial charge in [-0.2, -0.15) is 15.0 Å². The molecule has 0 amide bonds. The van der Waals surface area contributed by atoms with Crippen LogP contribution in [-0.2, 0) is 4.79 Å². The summed E-state index contributed by atoms with van der Waals surface area (Å²) in [6.07, 6.45) is 0. The minimum atomic E-state index is -1.12. The summed E-state index contributed by atoms with van der Waals surface area (Å²) in [5.41, 5.74) is 0. The molecule has 0 aliphatic heterocycles. The smallest absolute Gasteiger partial charge is 0.341 e. The number of carboxylic acids is 1. The van der Waals surface area contributed by atoms with E-state index in [-0.39, 0.29) is 17.2 Å². The van der Waals surface area contributed by atoms with Gasteiger partial charge in [0.15, 0.2) is 6.61 Å². The van der Waals surface area contributed by atoms with Crippen molar-refractivity contribution in [3.05, 3.63) is 5.28 Å². The molecule has 14 heavy (non-hydrogen) atoms. The fourth-order valence-corrected chi connectivity index (χ4v) is 0.787. The van der Waals surface area contributed by atoms with Crippen molar-refractivity contribution in [2.24, 2.45) is 0 Å². The van der Waals surface area contributed by atoms with E-state index in [2.05, 4.69) is 20.3 Å². The first-order valence-electron chi connectivity index (χ1n) is 3.55. The van der Waals surface area contributed by atoms with Crippen LogP contribution in [0.25, 0.3) is 0 Å². The van der Waals surface area contributed by atoms with Crippen LogP contribution < -0.4 is 10.1 Å². The number of hydrogen-bond acceptors (Lipinski definition) is 6. The average molecular weight is 219 g/mol. The van der Waals surface area contributed by atoms with Gasteiger partial charge < -0.3 is 15.2 Å². The third-order valence-electron chi connectivity index (χ3n) is 1.14. The fraction of sp³-hybridized carbons (Fsp3) is 0.333. The SMILES string of the molecule is CNc1nc(Cl)nc(OCC(=O)O)n1. The summed E-state index contributed by atoms with van der Waals surface area (Å²) >= 11 is 5.51. The maximum absolute atomic E-state index is 10.2. The Morgan fingerprint density at radius 1 is 1.57 bits per heavy atom. The number of nitrogens with one attached hydrogen (secondary N) is 1. The van der Waals surface area contributed by atoms with Gasteiger partial charge in [-0.25, -0.2) is 4.79 Å². The summed E-state index contributed by atoms with van der Waals surface area (Å²) in [5.74, 6) is -0.905. The number of halogens is 1. The van der Waals surface area contributed by atoms with Crippen molar-refractivity contribution in [3.63, 3.8) is 0 Å². The lowest BCUT2D eigenvalue weighted by molar-refractivity contribution is -0.139. The largest absolute Gasteiger partial charge is 0.479 e. The second-order valence-corrected chi connectivity index (χ2v) is 2.48. The molecule has 0 radical (unpaired) electrons. The number of aromatic nitrogens is 3. The predicted molar refractivity (Wildman–Crippen MR) is 47.5 cm³/mol. The van der Waals surface area contributed by atoms with Gasteiger partial charge in [0.1, 0.15) is 0 Å². The van der Waals surface area contributed by atoms with Gasteiger partial charge in [-0.05, 0) is 11.6 Å². The zero-order valence-corrected chi connectivity index (χ0v) is 7.95. The molecular formula is C6H7ClN4O3. The Kier molecular flexibility index (Phi) is 3.41. The number of carbonyl (C=O) groups is 1. The minimum absolute atomic E-state index is 0.0651. The molecule has 1 aromatic heterocycles. The Labute approximate surface area is 84.1 Å². The molecule has 8 heteroatoms. The Morgan fingerprint density at radius 2 is 2.29 bits per heavy atom. The summed E-state index contributed by atoms with van der Waals surface area (Å²) < 4.78 is 4.70. The molecule has 2 N–H and O–H groups in total. The maximum atomic E-state index is 10.2. The maximum Gasteiger partial charge on any atom is 0.341 e. The molecule has 0 fully saturated rings. The zero-order valence-electron chi connectivity index (χ0n) is 7.19. The van der Waals surface area contributed by atoms with Gasteiger partial charge in [-0.15, -0.1) is 0 Å². The highest BCUT2D eigenvalue weighted by Gasteiger charge is 2.06. The van der Waals surface area contributed by atoms with Crippen LogP contribution in [0.4, 0.5) is 5.95 Å². The summed E-state index contributed by atoms with van der Waals surface area (Å²) in [4.78, 5) is 21.1. The highest BCUT2D eigenvalue weighted by Crippen LogP contribution is 2.10. The molecule has 0 bridgehead atoms. The molecule has 0 aliphatic carbocycles. The summed E-state index contributed by atoms with van der Waals surface area (Å²) in [6, 6.07) is -0.128. The van der Waals surface area contributed by atoms with Crippen LogP contribution in [-0.4, -0.2) is 39.7 Å². The topological polar surface area (TPSA) is 97.2 Å². The molecule has 0 saturated heterocycles. The van der Waals surface area contributed by atoms with Crippen LogP contribution in [0.2, 0.25) is 5.28 Å². The van der Waals surface area contributed by atoms with Gasteiger partial charge in [-0.1, -0.05) is 0 Å². The van der Waals surface area contributed by atoms with Crippen molar-refractivity contribution in [1.29, 1.82) is 0 Å². The van der Waals surface area contributed by atoms with Crippen molar-refractivity contribution in [2.75, 3.05) is 19.0 Å². The minimum Gasteiger partial charge on any atom is -0.479 e. The number of ether oxygens (including phenoxy) is 1. The number of anilines is 1. The Hall–Kier alpha value is -1.63. The van der Waals surface area contributed by atoms with E-state index in [1.165, 1.54) is 0 Å². The summed E-state index contributed by atoms with van der Waals surface area (Å²) in [5, 5.41) is 10.9. The molecule has 1 heterocycles. The van der Waals surface area contributed by atoms with E-state index in [1.807, 2.05) is 0 Å². The van der Waals surface area contributed by atoms with E-state index < -0.39 is 12.6 Å². The second-order valence-electron chi connectivity index (χ2n) is 2.14. The standard InChI is InChI=1S/C6H7ClN4O3/c1-8-5-9-4(7)10-6(11-5)14-2-3(12)13/h2H2,1H3,(H,12,13)(H,8,9,10,11). The molecule has 1 aromatic rings. The molecular weight excluding hydrogens is 212 g/mol. The first-order chi connectivity index (χ1) is 6.61. The Bertz CT molecular complexity index is 346. The van der Waals surface area contributed by atoms with Crippen LogP contribution in [0, 0.1) is 0 Å². The lowest BCUT2D eigenvalue weighted by Gasteiger charge is -2.02. The number of aliphatic carboxylic acids is 1. The van der Waals surface area contributed by atoms with Crippen molar-refractivity contribution in [2.45, 2.75) is 0 Å². The molecule has 1 rings (SSSR count). The molecule has 0 aliphatic rings. The van der Waals surface area contributed by atoms with Crippen molar-refractivity contribution in [1.82, 2.24) is 15.0 Å². The van der Waals surface area contributed by atoms with E-state index in [0.717, 1.165) is 0 Å². The van der Waals surface area contributed by atoms with Crippen LogP contribution >= 0.6 is 11.6 Å². The normalized spacial score (nSPS) is 9.57. The fourth-order valence-electron chi connectivity index (χ4n) is 0.635. The van der Waals surface area contributed by atoms with E-state index in [1.54, 1.807) is 7.05 Å². The second kappa shape index (κ2) is 4.56. The predicted octanol–water partition coefficient (Wildman–Crippen LogP) is 0.0301. The highest BCUT2D eigenvalue weighted by molar-refractivity contribution is 6.28. The number of hydrogen-bond donors (Lipinski definition) is 2. The van der Waals surface area contributed by atoms with E-state index >= 15 is 0 Å². The summed E-state index contributed by atoms with van der Waals surface area (Å²) in [7, 11) is 1.59. The first-order valence-corrected chi connectivity index (χ1v) is 3.93. The molecule has 0 saturated carbocycles. The van der Waals surface area contributed by atoms with Crippen LogP contribution in [0.15, 0.2) is 0 Å². The van der Waals surface area contributed by atoms with Gasteiger partial charge in [0.2, 0.25) is 11.2 Å². The van der Waals surface area contributed by atoms with Crippen molar-refractivity contribution < 1.29 is 14.6 Å². The van der Waals surface area contributed by atoms with Crippen LogP contribution in [0.3, 0.4) is 0 Å². The van der Waals surface area contributed by atoms with Gasteiger partial charge in [0.25, 0.3) is 0 Å². The first kappa shape index (κ1) is 10.5. The number of rotatable bonds is 4. The van der Waals surface area contributed by atoms with E-state index in [4.69, 9.17) is 21.4 Å². The van der Waals surface area contributed by atoms with Gasteiger partial charge >= 0.3 is 12.0 Å². The molecule has 0 unspecified atom stereocenters. The van der Waals surface area contributed by atoms with E-state index in [0.29, 0.717) is 0 Å². The van der Waals surface area contributed by atoms with E-state index in [9.17, 15) is 4.79 Å². The number of nitrogens with zero attached hydrogens (tertiary/aromatic N) is 3. The van der Waals surface area contributed by atoms with Gasteiger partial charge in [0, 0.05) is 7.05 Å². The quantitative estimate of drug-likeness (QED) is 0.736. The third-order valence-corrected chi connectivity index (χ3v) is 1.30. The molecule has 0 atom stereocenters. The monoisotopic (exact) mass is 218 g/mol. The van der Waals surface area contributed by atoms with Gasteiger partial charge in [-0.3, -0.25) is 0 Å². The summed E-state index contributed by atoms with van der Waals surface area (Å²) in [6.45, 7) is -0.524. The van der Waals surface area contributed by atoms with Gasteiger partial charge in [0.05, 0.1) is 0 Å². The molecule has 7 nitrogen and oxygen atoms in total. The third kappa shape index (κ3) is 3.02. The van der Waals surface area contributed by atoms with Crippen molar-refractivity contribution >= 4 is 23.5 Å². The van der Waals surface area contributed by atoms with Crippen LogP contribution in [0.1, 0.15) is 0 Å². The molecule has 0 aromatic carbocycles. The Balaban J connectivity index is 2.76. The lowest BCUT2D eigenvalue weighted by atomic mass is 10.7. The lowest BCUT2D eigenvalue weighted by Crippen LogP contribution is -2.12. The molecule has 76 valence electrons. The number of carboxylic acid groups (broad SMARTS) is 1. The Morgan fingerprint density at radius 3 is 2.86 bits per heavy atom. The average Bonchev–Trinajstić information content (AvgIpc) is 2.14.